The number of aliphatic hydroxyl groups excluding tert-OH is 1. The highest BCUT2D eigenvalue weighted by atomic mass is 16.5. The van der Waals surface area contributed by atoms with Gasteiger partial charge in [0.15, 0.2) is 0 Å². The summed E-state index contributed by atoms with van der Waals surface area (Å²) in [4.78, 5) is 37.6. The van der Waals surface area contributed by atoms with Crippen LogP contribution in [0, 0.1) is 0 Å². The summed E-state index contributed by atoms with van der Waals surface area (Å²) in [5, 5.41) is 14.5. The zero-order chi connectivity index (χ0) is 25.3. The van der Waals surface area contributed by atoms with Crippen molar-refractivity contribution in [2.45, 2.75) is 37.6 Å². The number of carbonyl (C=O) groups is 2. The van der Waals surface area contributed by atoms with Crippen molar-refractivity contribution >= 4 is 22.8 Å². The van der Waals surface area contributed by atoms with Crippen LogP contribution in [0.5, 0.6) is 5.75 Å². The second-order valence-electron chi connectivity index (χ2n) is 9.70. The Kier molecular flexibility index (Phi) is 6.57. The smallest absolute Gasteiger partial charge is 0.317 e. The number of pyridine rings is 1. The number of hydrogen-bond acceptors (Lipinski definition) is 5. The fourth-order valence-electron chi connectivity index (χ4n) is 5.76. The third kappa shape index (κ3) is 4.07. The predicted molar refractivity (Wildman–Crippen MR) is 136 cm³/mol. The van der Waals surface area contributed by atoms with Crippen LogP contribution in [0.4, 0.5) is 4.79 Å². The summed E-state index contributed by atoms with van der Waals surface area (Å²) in [6, 6.07) is 8.90. The molecule has 9 nitrogen and oxygen atoms in total. The first-order valence-corrected chi connectivity index (χ1v) is 12.6. The molecule has 1 atom stereocenters. The van der Waals surface area contributed by atoms with Gasteiger partial charge in [0, 0.05) is 66.7 Å². The van der Waals surface area contributed by atoms with Gasteiger partial charge >= 0.3 is 6.03 Å². The maximum atomic E-state index is 13.7. The third-order valence-electron chi connectivity index (χ3n) is 7.62. The third-order valence-corrected chi connectivity index (χ3v) is 7.62. The van der Waals surface area contributed by atoms with Gasteiger partial charge in [0.2, 0.25) is 0 Å². The maximum Gasteiger partial charge on any atom is 0.317 e. The molecule has 1 aromatic carbocycles. The van der Waals surface area contributed by atoms with Crippen LogP contribution in [0.1, 0.15) is 53.8 Å². The number of carbonyl (C=O) groups excluding carboxylic acids is 2. The van der Waals surface area contributed by atoms with Gasteiger partial charge in [-0.15, -0.1) is 0 Å². The molecule has 190 valence electrons. The van der Waals surface area contributed by atoms with Crippen LogP contribution in [-0.2, 0) is 5.41 Å². The maximum absolute atomic E-state index is 13.7. The molecular formula is C27H33N5O4. The van der Waals surface area contributed by atoms with Crippen molar-refractivity contribution in [2.24, 2.45) is 0 Å². The predicted octanol–water partition coefficient (Wildman–Crippen LogP) is 3.21. The zero-order valence-electron chi connectivity index (χ0n) is 20.8. The molecule has 3 N–H and O–H groups in total. The van der Waals surface area contributed by atoms with Gasteiger partial charge in [-0.05, 0) is 49.1 Å². The van der Waals surface area contributed by atoms with Crippen molar-refractivity contribution < 1.29 is 19.4 Å². The van der Waals surface area contributed by atoms with E-state index >= 15 is 0 Å². The zero-order valence-corrected chi connectivity index (χ0v) is 20.8. The van der Waals surface area contributed by atoms with E-state index in [0.29, 0.717) is 44.6 Å². The first-order chi connectivity index (χ1) is 17.5. The highest BCUT2D eigenvalue weighted by Gasteiger charge is 2.49. The molecule has 3 aromatic rings. The van der Waals surface area contributed by atoms with Gasteiger partial charge in [0.05, 0.1) is 25.3 Å². The molecule has 0 saturated carbocycles. The number of aromatic nitrogens is 2. The molecule has 1 fully saturated rings. The lowest BCUT2D eigenvalue weighted by atomic mass is 9.68. The Morgan fingerprint density at radius 2 is 2.08 bits per heavy atom. The Hall–Kier alpha value is -3.59. The summed E-state index contributed by atoms with van der Waals surface area (Å²) in [6.07, 6.45) is 5.52. The number of urea groups is 1. The topological polar surface area (TPSA) is 111 Å². The molecule has 2 aromatic heterocycles. The molecule has 0 unspecified atom stereocenters. The summed E-state index contributed by atoms with van der Waals surface area (Å²) in [5.41, 5.74) is 3.05. The van der Waals surface area contributed by atoms with Gasteiger partial charge in [0.25, 0.3) is 5.91 Å². The minimum absolute atomic E-state index is 0.0390. The van der Waals surface area contributed by atoms with Gasteiger partial charge < -0.3 is 29.9 Å². The highest BCUT2D eigenvalue weighted by Crippen LogP contribution is 2.49. The number of nitrogens with zero attached hydrogens (tertiary/aromatic N) is 3. The molecule has 2 aliphatic rings. The number of likely N-dealkylation sites (tertiary alicyclic amines) is 1. The van der Waals surface area contributed by atoms with Crippen LogP contribution in [0.2, 0.25) is 0 Å². The van der Waals surface area contributed by atoms with Gasteiger partial charge in [-0.25, -0.2) is 4.79 Å². The Bertz CT molecular complexity index is 1250. The van der Waals surface area contributed by atoms with Crippen LogP contribution in [-0.4, -0.2) is 76.7 Å². The standard InChI is InChI=1S/C27H33N5O4/c1-3-10-29-26(35)31-12-8-27(9-13-31)17-32(25(34)18-5-4-11-28-15-18)22(16-33)24-23(27)20-7-6-19(36-2)14-21(20)30-24/h4-7,11,14-15,22,30,33H,3,8-10,12-13,16-17H2,1-2H3,(H,29,35)/t22-/m1/s1. The average molecular weight is 492 g/mol. The van der Waals surface area contributed by atoms with Gasteiger partial charge in [-0.2, -0.15) is 0 Å². The van der Waals surface area contributed by atoms with E-state index in [9.17, 15) is 14.7 Å². The fraction of sp³-hybridized carbons (Fsp3) is 0.444. The van der Waals surface area contributed by atoms with Crippen molar-refractivity contribution in [3.8, 4) is 5.75 Å². The quantitative estimate of drug-likeness (QED) is 0.508. The molecule has 0 aliphatic carbocycles. The lowest BCUT2D eigenvalue weighted by Crippen LogP contribution is -2.56. The van der Waals surface area contributed by atoms with E-state index in [0.717, 1.165) is 34.3 Å². The van der Waals surface area contributed by atoms with Crippen LogP contribution in [0.25, 0.3) is 10.9 Å². The molecule has 1 saturated heterocycles. The minimum atomic E-state index is -0.511. The SMILES string of the molecule is CCCNC(=O)N1CCC2(CC1)CN(C(=O)c1cccnc1)[C@H](CO)c1[nH]c3cc(OC)ccc3c12. The molecule has 4 heterocycles. The molecule has 1 spiro atoms. The number of aromatic amines is 1. The summed E-state index contributed by atoms with van der Waals surface area (Å²) in [6.45, 7) is 4.13. The molecular weight excluding hydrogens is 458 g/mol. The molecule has 0 radical (unpaired) electrons. The van der Waals surface area contributed by atoms with Gasteiger partial charge in [0.1, 0.15) is 5.75 Å². The Morgan fingerprint density at radius 3 is 2.75 bits per heavy atom. The van der Waals surface area contributed by atoms with E-state index in [1.165, 1.54) is 0 Å². The van der Waals surface area contributed by atoms with Crippen LogP contribution < -0.4 is 10.1 Å². The number of H-pyrrole nitrogens is 1. The van der Waals surface area contributed by atoms with E-state index in [1.54, 1.807) is 36.5 Å². The van der Waals surface area contributed by atoms with Crippen molar-refractivity contribution in [3.63, 3.8) is 0 Å². The van der Waals surface area contributed by atoms with Crippen LogP contribution in [0.3, 0.4) is 0 Å². The summed E-state index contributed by atoms with van der Waals surface area (Å²) in [7, 11) is 1.63. The van der Waals surface area contributed by atoms with E-state index in [1.807, 2.05) is 24.0 Å². The molecule has 2 aliphatic heterocycles. The molecule has 9 heteroatoms. The van der Waals surface area contributed by atoms with E-state index in [2.05, 4.69) is 21.4 Å². The number of rotatable bonds is 5. The fourth-order valence-corrected chi connectivity index (χ4v) is 5.76. The number of fused-ring (bicyclic) bond motifs is 4. The Labute approximate surface area is 210 Å². The number of methoxy groups -OCH3 is 1. The summed E-state index contributed by atoms with van der Waals surface area (Å²) >= 11 is 0. The number of hydrogen-bond donors (Lipinski definition) is 3. The van der Waals surface area contributed by atoms with Crippen molar-refractivity contribution in [1.82, 2.24) is 25.1 Å². The van der Waals surface area contributed by atoms with E-state index in [4.69, 9.17) is 4.74 Å². The summed E-state index contributed by atoms with van der Waals surface area (Å²) in [5.74, 6) is 0.577. The molecule has 36 heavy (non-hydrogen) atoms. The lowest BCUT2D eigenvalue weighted by molar-refractivity contribution is 0.0367. The van der Waals surface area contributed by atoms with Crippen LogP contribution >= 0.6 is 0 Å². The first kappa shape index (κ1) is 24.1. The number of nitrogens with one attached hydrogen (secondary N) is 2. The lowest BCUT2D eigenvalue weighted by Gasteiger charge is -2.50. The minimum Gasteiger partial charge on any atom is -0.497 e. The highest BCUT2D eigenvalue weighted by molar-refractivity contribution is 5.95. The second kappa shape index (κ2) is 9.81. The van der Waals surface area contributed by atoms with Crippen LogP contribution in [0.15, 0.2) is 42.7 Å². The normalized spacial score (nSPS) is 18.8. The monoisotopic (exact) mass is 491 g/mol. The first-order valence-electron chi connectivity index (χ1n) is 12.6. The number of piperidine rings is 1. The number of amides is 3. The van der Waals surface area contributed by atoms with E-state index in [-0.39, 0.29) is 24.0 Å². The number of ether oxygens (including phenoxy) is 1. The average Bonchev–Trinajstić information content (AvgIpc) is 3.31. The second-order valence-corrected chi connectivity index (χ2v) is 9.70. The Morgan fingerprint density at radius 1 is 1.28 bits per heavy atom. The molecule has 0 bridgehead atoms. The molecule has 3 amide bonds. The van der Waals surface area contributed by atoms with Gasteiger partial charge in [-0.1, -0.05) is 6.92 Å². The molecule has 5 rings (SSSR count). The summed E-state index contributed by atoms with van der Waals surface area (Å²) < 4.78 is 5.44. The number of aliphatic hydroxyl groups is 1. The van der Waals surface area contributed by atoms with Crippen molar-refractivity contribution in [1.29, 1.82) is 0 Å². The largest absolute Gasteiger partial charge is 0.497 e. The number of benzene rings is 1. The van der Waals surface area contributed by atoms with Crippen molar-refractivity contribution in [3.05, 3.63) is 59.5 Å². The Balaban J connectivity index is 1.57. The van der Waals surface area contributed by atoms with E-state index < -0.39 is 6.04 Å². The van der Waals surface area contributed by atoms with Crippen molar-refractivity contribution in [2.75, 3.05) is 39.9 Å². The van der Waals surface area contributed by atoms with Gasteiger partial charge in [-0.3, -0.25) is 9.78 Å².